The molecule has 0 saturated carbocycles. The number of amides is 1. The zero-order valence-electron chi connectivity index (χ0n) is 19.0. The molecule has 2 aromatic carbocycles. The second-order valence-electron chi connectivity index (χ2n) is 8.60. The number of morpholine rings is 1. The van der Waals surface area contributed by atoms with Crippen LogP contribution in [-0.4, -0.2) is 43.4 Å². The lowest BCUT2D eigenvalue weighted by Gasteiger charge is -2.36. The quantitative estimate of drug-likeness (QED) is 0.440. The average molecular weight is 479 g/mol. The number of thiophene rings is 1. The number of nitrogens with zero attached hydrogens (tertiary/aromatic N) is 1. The van der Waals surface area contributed by atoms with Gasteiger partial charge in [0, 0.05) is 34.0 Å². The minimum atomic E-state index is -0.0334. The number of hydrogen-bond donors (Lipinski definition) is 1. The molecule has 1 aliphatic heterocycles. The van der Waals surface area contributed by atoms with Gasteiger partial charge in [0.2, 0.25) is 0 Å². The molecule has 3 aromatic rings. The van der Waals surface area contributed by atoms with Crippen LogP contribution >= 0.6 is 23.1 Å². The SMILES string of the molecule is CSc1ccc(C(c2c(NC(=O)c3ccccc3)sc3c2CCCC3)N2CCOCC2)cc1. The maximum absolute atomic E-state index is 13.2. The monoisotopic (exact) mass is 478 g/mol. The number of carbonyl (C=O) groups is 1. The van der Waals surface area contributed by atoms with Crippen LogP contribution in [0.15, 0.2) is 59.5 Å². The maximum Gasteiger partial charge on any atom is 0.256 e. The highest BCUT2D eigenvalue weighted by Gasteiger charge is 2.33. The van der Waals surface area contributed by atoms with Crippen LogP contribution in [-0.2, 0) is 17.6 Å². The van der Waals surface area contributed by atoms with Crippen molar-refractivity contribution in [2.24, 2.45) is 0 Å². The van der Waals surface area contributed by atoms with Gasteiger partial charge >= 0.3 is 0 Å². The van der Waals surface area contributed by atoms with Gasteiger partial charge in [-0.2, -0.15) is 0 Å². The van der Waals surface area contributed by atoms with E-state index >= 15 is 0 Å². The van der Waals surface area contributed by atoms with Gasteiger partial charge in [0.25, 0.3) is 5.91 Å². The highest BCUT2D eigenvalue weighted by Crippen LogP contribution is 2.45. The van der Waals surface area contributed by atoms with Gasteiger partial charge in [0.1, 0.15) is 5.00 Å². The Hall–Kier alpha value is -2.12. The largest absolute Gasteiger partial charge is 0.379 e. The Morgan fingerprint density at radius 1 is 1.03 bits per heavy atom. The molecule has 6 heteroatoms. The van der Waals surface area contributed by atoms with Gasteiger partial charge in [-0.15, -0.1) is 23.1 Å². The summed E-state index contributed by atoms with van der Waals surface area (Å²) in [5.41, 5.74) is 4.75. The number of thioether (sulfide) groups is 1. The Labute approximate surface area is 204 Å². The Morgan fingerprint density at radius 3 is 2.48 bits per heavy atom. The molecule has 33 heavy (non-hydrogen) atoms. The minimum Gasteiger partial charge on any atom is -0.379 e. The van der Waals surface area contributed by atoms with E-state index in [0.29, 0.717) is 5.56 Å². The number of nitrogens with one attached hydrogen (secondary N) is 1. The van der Waals surface area contributed by atoms with Crippen LogP contribution in [0.3, 0.4) is 0 Å². The van der Waals surface area contributed by atoms with E-state index in [1.807, 2.05) is 30.3 Å². The first kappa shape index (κ1) is 22.7. The van der Waals surface area contributed by atoms with Gasteiger partial charge in [-0.05, 0) is 67.3 Å². The van der Waals surface area contributed by atoms with Crippen molar-refractivity contribution in [1.82, 2.24) is 4.90 Å². The lowest BCUT2D eigenvalue weighted by atomic mass is 9.88. The molecule has 1 aliphatic carbocycles. The van der Waals surface area contributed by atoms with Crippen LogP contribution in [0.4, 0.5) is 5.00 Å². The predicted octanol–water partition coefficient (Wildman–Crippen LogP) is 6.02. The van der Waals surface area contributed by atoms with Gasteiger partial charge in [0.15, 0.2) is 0 Å². The summed E-state index contributed by atoms with van der Waals surface area (Å²) in [7, 11) is 0. The number of fused-ring (bicyclic) bond motifs is 1. The Balaban J connectivity index is 1.59. The molecule has 1 unspecified atom stereocenters. The number of hydrogen-bond acceptors (Lipinski definition) is 5. The number of aryl methyl sites for hydroxylation is 1. The molecule has 0 radical (unpaired) electrons. The Bertz CT molecular complexity index is 1090. The zero-order valence-corrected chi connectivity index (χ0v) is 20.6. The molecule has 5 rings (SSSR count). The summed E-state index contributed by atoms with van der Waals surface area (Å²) in [6, 6.07) is 18.6. The van der Waals surface area contributed by atoms with Crippen molar-refractivity contribution >= 4 is 34.0 Å². The molecular weight excluding hydrogens is 448 g/mol. The van der Waals surface area contributed by atoms with E-state index < -0.39 is 0 Å². The van der Waals surface area contributed by atoms with Crippen molar-refractivity contribution in [3.05, 3.63) is 81.7 Å². The molecule has 1 N–H and O–H groups in total. The van der Waals surface area contributed by atoms with E-state index in [-0.39, 0.29) is 11.9 Å². The summed E-state index contributed by atoms with van der Waals surface area (Å²) in [5.74, 6) is -0.0334. The summed E-state index contributed by atoms with van der Waals surface area (Å²) in [6.07, 6.45) is 6.75. The molecule has 1 amide bonds. The lowest BCUT2D eigenvalue weighted by molar-refractivity contribution is 0.0239. The van der Waals surface area contributed by atoms with E-state index in [2.05, 4.69) is 40.7 Å². The minimum absolute atomic E-state index is 0.0334. The van der Waals surface area contributed by atoms with E-state index in [0.717, 1.165) is 44.1 Å². The van der Waals surface area contributed by atoms with Crippen molar-refractivity contribution in [2.75, 3.05) is 37.9 Å². The van der Waals surface area contributed by atoms with E-state index in [1.54, 1.807) is 23.1 Å². The van der Waals surface area contributed by atoms with Gasteiger partial charge in [0.05, 0.1) is 19.3 Å². The smallest absolute Gasteiger partial charge is 0.256 e. The van der Waals surface area contributed by atoms with Crippen molar-refractivity contribution in [2.45, 2.75) is 36.6 Å². The van der Waals surface area contributed by atoms with E-state index in [1.165, 1.54) is 39.3 Å². The molecule has 172 valence electrons. The standard InChI is InChI=1S/C27H30N2O2S2/c1-32-21-13-11-19(12-14-21)25(29-15-17-31-18-16-29)24-22-9-5-6-10-23(22)33-27(24)28-26(30)20-7-3-2-4-8-20/h2-4,7-8,11-14,25H,5-6,9-10,15-18H2,1H3,(H,28,30). The van der Waals surface area contributed by atoms with Crippen LogP contribution in [0.1, 0.15) is 50.8 Å². The molecule has 1 saturated heterocycles. The summed E-state index contributed by atoms with van der Waals surface area (Å²) >= 11 is 3.55. The van der Waals surface area contributed by atoms with Crippen LogP contribution in [0.2, 0.25) is 0 Å². The Kier molecular flexibility index (Phi) is 7.16. The van der Waals surface area contributed by atoms with Gasteiger partial charge < -0.3 is 10.1 Å². The number of rotatable bonds is 6. The molecule has 1 aromatic heterocycles. The average Bonchev–Trinajstić information content (AvgIpc) is 3.23. The first-order valence-corrected chi connectivity index (χ1v) is 13.8. The fraction of sp³-hybridized carbons (Fsp3) is 0.370. The van der Waals surface area contributed by atoms with Crippen molar-refractivity contribution in [1.29, 1.82) is 0 Å². The van der Waals surface area contributed by atoms with Crippen LogP contribution < -0.4 is 5.32 Å². The van der Waals surface area contributed by atoms with E-state index in [4.69, 9.17) is 4.74 Å². The predicted molar refractivity (Wildman–Crippen MR) is 138 cm³/mol. The number of carbonyl (C=O) groups excluding carboxylic acids is 1. The molecule has 0 bridgehead atoms. The fourth-order valence-electron chi connectivity index (χ4n) is 4.92. The molecule has 1 fully saturated rings. The molecular formula is C27H30N2O2S2. The summed E-state index contributed by atoms with van der Waals surface area (Å²) in [6.45, 7) is 3.28. The van der Waals surface area contributed by atoms with Crippen molar-refractivity contribution < 1.29 is 9.53 Å². The molecule has 2 heterocycles. The number of anilines is 1. The highest BCUT2D eigenvalue weighted by atomic mass is 32.2. The first-order chi connectivity index (χ1) is 16.2. The van der Waals surface area contributed by atoms with Crippen LogP contribution in [0, 0.1) is 0 Å². The second-order valence-corrected chi connectivity index (χ2v) is 10.6. The third kappa shape index (κ3) is 4.90. The van der Waals surface area contributed by atoms with Gasteiger partial charge in [-0.1, -0.05) is 30.3 Å². The van der Waals surface area contributed by atoms with E-state index in [9.17, 15) is 4.79 Å². The fourth-order valence-corrected chi connectivity index (χ4v) is 6.64. The summed E-state index contributed by atoms with van der Waals surface area (Å²) in [5, 5.41) is 4.33. The number of benzene rings is 2. The normalized spacial score (nSPS) is 17.4. The third-order valence-corrected chi connectivity index (χ3v) is 8.56. The first-order valence-electron chi connectivity index (χ1n) is 11.7. The maximum atomic E-state index is 13.2. The van der Waals surface area contributed by atoms with Gasteiger partial charge in [-0.3, -0.25) is 9.69 Å². The second kappa shape index (κ2) is 10.4. The summed E-state index contributed by atoms with van der Waals surface area (Å²) in [4.78, 5) is 18.4. The summed E-state index contributed by atoms with van der Waals surface area (Å²) < 4.78 is 5.69. The Morgan fingerprint density at radius 2 is 1.76 bits per heavy atom. The van der Waals surface area contributed by atoms with Gasteiger partial charge in [-0.25, -0.2) is 0 Å². The molecule has 2 aliphatic rings. The molecule has 0 spiro atoms. The van der Waals surface area contributed by atoms with Crippen LogP contribution in [0.5, 0.6) is 0 Å². The number of ether oxygens (including phenoxy) is 1. The topological polar surface area (TPSA) is 41.6 Å². The highest BCUT2D eigenvalue weighted by molar-refractivity contribution is 7.98. The van der Waals surface area contributed by atoms with Crippen molar-refractivity contribution in [3.8, 4) is 0 Å². The molecule has 4 nitrogen and oxygen atoms in total. The van der Waals surface area contributed by atoms with Crippen molar-refractivity contribution in [3.63, 3.8) is 0 Å². The lowest BCUT2D eigenvalue weighted by Crippen LogP contribution is -2.40. The molecule has 1 atom stereocenters. The third-order valence-electron chi connectivity index (χ3n) is 6.59. The van der Waals surface area contributed by atoms with Crippen LogP contribution in [0.25, 0.3) is 0 Å². The zero-order chi connectivity index (χ0) is 22.6.